The first-order valence-corrected chi connectivity index (χ1v) is 9.75. The molecule has 0 spiro atoms. The van der Waals surface area contributed by atoms with Crippen LogP contribution >= 0.6 is 11.6 Å². The molecule has 7 heteroatoms. The summed E-state index contributed by atoms with van der Waals surface area (Å²) in [5.41, 5.74) is 3.24. The number of hydrogen-bond donors (Lipinski definition) is 0. The summed E-state index contributed by atoms with van der Waals surface area (Å²) < 4.78 is 18.1. The summed E-state index contributed by atoms with van der Waals surface area (Å²) in [6.07, 6.45) is 0.869. The first kappa shape index (κ1) is 21.1. The van der Waals surface area contributed by atoms with Crippen LogP contribution < -0.4 is 10.4 Å². The number of carbonyl (C=O) groups excluding carboxylic acids is 1. The van der Waals surface area contributed by atoms with Gasteiger partial charge in [0.25, 0.3) is 0 Å². The number of aromatic nitrogens is 1. The molecule has 0 aliphatic heterocycles. The fraction of sp³-hybridized carbons (Fsp3) is 0.364. The number of hydrogen-bond acceptors (Lipinski definition) is 5. The highest BCUT2D eigenvalue weighted by Crippen LogP contribution is 2.31. The number of aryl methyl sites for hydroxylation is 2. The monoisotopic (exact) mass is 417 g/mol. The minimum atomic E-state index is -0.444. The molecule has 6 nitrogen and oxygen atoms in total. The third-order valence-corrected chi connectivity index (χ3v) is 5.26. The molecule has 0 bridgehead atoms. The molecule has 0 N–H and O–H groups in total. The van der Waals surface area contributed by atoms with Gasteiger partial charge in [0.1, 0.15) is 11.3 Å². The standard InChI is InChI=1S/C22H24ClNO5/c1-13-8-22(26)29-20-11-21(18(23)10-16(13)20)28-12-19(25)17-9-14(2)24(15(17)3)6-5-7-27-4/h8-11H,5-7,12H2,1-4H3. The van der Waals surface area contributed by atoms with Crippen LogP contribution in [0.4, 0.5) is 0 Å². The largest absolute Gasteiger partial charge is 0.484 e. The van der Waals surface area contributed by atoms with Gasteiger partial charge < -0.3 is 18.5 Å². The quantitative estimate of drug-likeness (QED) is 0.307. The molecule has 2 heterocycles. The highest BCUT2D eigenvalue weighted by Gasteiger charge is 2.17. The van der Waals surface area contributed by atoms with E-state index in [2.05, 4.69) is 4.57 Å². The number of nitrogens with zero attached hydrogens (tertiary/aromatic N) is 1. The van der Waals surface area contributed by atoms with E-state index in [1.165, 1.54) is 6.07 Å². The van der Waals surface area contributed by atoms with Gasteiger partial charge in [-0.25, -0.2) is 4.79 Å². The third kappa shape index (κ3) is 4.54. The Hall–Kier alpha value is -2.57. The van der Waals surface area contributed by atoms with Crippen LogP contribution in [0.3, 0.4) is 0 Å². The van der Waals surface area contributed by atoms with Crippen LogP contribution in [-0.2, 0) is 11.3 Å². The molecule has 0 radical (unpaired) electrons. The van der Waals surface area contributed by atoms with Gasteiger partial charge in [-0.2, -0.15) is 0 Å². The lowest BCUT2D eigenvalue weighted by atomic mass is 10.1. The number of ketones is 1. The Balaban J connectivity index is 1.78. The molecule has 1 aromatic carbocycles. The predicted molar refractivity (Wildman–Crippen MR) is 112 cm³/mol. The molecule has 0 aliphatic rings. The van der Waals surface area contributed by atoms with Crippen molar-refractivity contribution in [3.63, 3.8) is 0 Å². The molecule has 0 amide bonds. The summed E-state index contributed by atoms with van der Waals surface area (Å²) in [6, 6.07) is 6.51. The van der Waals surface area contributed by atoms with Gasteiger partial charge in [0, 0.05) is 54.7 Å². The van der Waals surface area contributed by atoms with E-state index in [1.54, 1.807) is 19.2 Å². The second-order valence-electron chi connectivity index (χ2n) is 7.02. The van der Waals surface area contributed by atoms with Crippen molar-refractivity contribution in [1.29, 1.82) is 0 Å². The van der Waals surface area contributed by atoms with Crippen molar-refractivity contribution >= 4 is 28.4 Å². The molecule has 29 heavy (non-hydrogen) atoms. The number of rotatable bonds is 8. The Morgan fingerprint density at radius 2 is 1.93 bits per heavy atom. The highest BCUT2D eigenvalue weighted by molar-refractivity contribution is 6.32. The van der Waals surface area contributed by atoms with Crippen molar-refractivity contribution in [2.24, 2.45) is 0 Å². The Bertz CT molecular complexity index is 1110. The number of benzene rings is 1. The molecule has 0 saturated carbocycles. The van der Waals surface area contributed by atoms with E-state index < -0.39 is 5.63 Å². The molecule has 2 aromatic heterocycles. The van der Waals surface area contributed by atoms with Crippen molar-refractivity contribution in [2.45, 2.75) is 33.7 Å². The van der Waals surface area contributed by atoms with E-state index >= 15 is 0 Å². The lowest BCUT2D eigenvalue weighted by molar-refractivity contribution is 0.0921. The zero-order chi connectivity index (χ0) is 21.1. The molecule has 0 atom stereocenters. The molecule has 0 saturated heterocycles. The Morgan fingerprint density at radius 3 is 2.66 bits per heavy atom. The van der Waals surface area contributed by atoms with Crippen molar-refractivity contribution in [1.82, 2.24) is 4.57 Å². The van der Waals surface area contributed by atoms with Gasteiger partial charge in [-0.1, -0.05) is 11.6 Å². The van der Waals surface area contributed by atoms with E-state index in [0.717, 1.165) is 35.3 Å². The summed E-state index contributed by atoms with van der Waals surface area (Å²) >= 11 is 6.30. The van der Waals surface area contributed by atoms with Crippen molar-refractivity contribution in [3.05, 3.63) is 62.2 Å². The summed E-state index contributed by atoms with van der Waals surface area (Å²) in [6.45, 7) is 7.00. The average Bonchev–Trinajstić information content (AvgIpc) is 2.95. The van der Waals surface area contributed by atoms with E-state index in [4.69, 9.17) is 25.5 Å². The van der Waals surface area contributed by atoms with Gasteiger partial charge in [-0.05, 0) is 44.9 Å². The van der Waals surface area contributed by atoms with Gasteiger partial charge in [0.15, 0.2) is 6.61 Å². The molecule has 3 rings (SSSR count). The normalized spacial score (nSPS) is 11.2. The number of fused-ring (bicyclic) bond motifs is 1. The Morgan fingerprint density at radius 1 is 1.17 bits per heavy atom. The first-order chi connectivity index (χ1) is 13.8. The topological polar surface area (TPSA) is 70.7 Å². The van der Waals surface area contributed by atoms with Crippen LogP contribution in [0.5, 0.6) is 5.75 Å². The summed E-state index contributed by atoms with van der Waals surface area (Å²) in [5.74, 6) is 0.160. The molecule has 0 aliphatic carbocycles. The highest BCUT2D eigenvalue weighted by atomic mass is 35.5. The van der Waals surface area contributed by atoms with Crippen molar-refractivity contribution < 1.29 is 18.7 Å². The SMILES string of the molecule is COCCCn1c(C)cc(C(=O)COc2cc3oc(=O)cc(C)c3cc2Cl)c1C. The smallest absolute Gasteiger partial charge is 0.336 e. The average molecular weight is 418 g/mol. The maximum Gasteiger partial charge on any atom is 0.336 e. The minimum Gasteiger partial charge on any atom is -0.484 e. The number of Topliss-reactive ketones (excluding diaryl/α,β-unsaturated/α-hetero) is 1. The first-order valence-electron chi connectivity index (χ1n) is 9.37. The van der Waals surface area contributed by atoms with Crippen molar-refractivity contribution in [3.8, 4) is 5.75 Å². The number of methoxy groups -OCH3 is 1. The lowest BCUT2D eigenvalue weighted by Crippen LogP contribution is -2.13. The number of carbonyl (C=O) groups is 1. The summed E-state index contributed by atoms with van der Waals surface area (Å²) in [4.78, 5) is 24.4. The molecule has 0 fully saturated rings. The fourth-order valence-corrected chi connectivity index (χ4v) is 3.66. The number of halogens is 1. The zero-order valence-electron chi connectivity index (χ0n) is 17.0. The van der Waals surface area contributed by atoms with Crippen LogP contribution in [0, 0.1) is 20.8 Å². The van der Waals surface area contributed by atoms with Gasteiger partial charge in [0.2, 0.25) is 5.78 Å². The van der Waals surface area contributed by atoms with Gasteiger partial charge in [-0.15, -0.1) is 0 Å². The van der Waals surface area contributed by atoms with Gasteiger partial charge in [0.05, 0.1) is 5.02 Å². The lowest BCUT2D eigenvalue weighted by Gasteiger charge is -2.11. The molecular weight excluding hydrogens is 394 g/mol. The molecule has 0 unspecified atom stereocenters. The van der Waals surface area contributed by atoms with Crippen molar-refractivity contribution in [2.75, 3.05) is 20.3 Å². The van der Waals surface area contributed by atoms with Gasteiger partial charge >= 0.3 is 5.63 Å². The van der Waals surface area contributed by atoms with Crippen LogP contribution in [0.2, 0.25) is 5.02 Å². The predicted octanol–water partition coefficient (Wildman–Crippen LogP) is 4.47. The maximum atomic E-state index is 12.7. The Kier molecular flexibility index (Phi) is 6.45. The minimum absolute atomic E-state index is 0.141. The Labute approximate surface area is 174 Å². The summed E-state index contributed by atoms with van der Waals surface area (Å²) in [7, 11) is 1.67. The van der Waals surface area contributed by atoms with E-state index in [-0.39, 0.29) is 12.4 Å². The molecule has 154 valence electrons. The van der Waals surface area contributed by atoms with Crippen LogP contribution in [0.1, 0.15) is 33.7 Å². The number of ether oxygens (including phenoxy) is 2. The van der Waals surface area contributed by atoms with Crippen LogP contribution in [-0.4, -0.2) is 30.7 Å². The third-order valence-electron chi connectivity index (χ3n) is 4.97. The van der Waals surface area contributed by atoms with E-state index in [9.17, 15) is 9.59 Å². The van der Waals surface area contributed by atoms with Gasteiger partial charge in [-0.3, -0.25) is 4.79 Å². The second kappa shape index (κ2) is 8.84. The fourth-order valence-electron chi connectivity index (χ4n) is 3.45. The molecule has 3 aromatic rings. The van der Waals surface area contributed by atoms with E-state index in [0.29, 0.717) is 28.5 Å². The van der Waals surface area contributed by atoms with Crippen LogP contribution in [0.15, 0.2) is 33.5 Å². The second-order valence-corrected chi connectivity index (χ2v) is 7.43. The van der Waals surface area contributed by atoms with Crippen LogP contribution in [0.25, 0.3) is 11.0 Å². The maximum absolute atomic E-state index is 12.7. The summed E-state index contributed by atoms with van der Waals surface area (Å²) in [5, 5.41) is 1.08. The van der Waals surface area contributed by atoms with E-state index in [1.807, 2.05) is 26.8 Å². The molecular formula is C22H24ClNO5. The zero-order valence-corrected chi connectivity index (χ0v) is 17.8.